The quantitative estimate of drug-likeness (QED) is 0.211. The predicted molar refractivity (Wildman–Crippen MR) is 132 cm³/mol. The SMILES string of the molecule is CCCCCCCCCCCCc1ccccc1C(SCCC(=O)OC)C(O)C(=O)OC. The van der Waals surface area contributed by atoms with E-state index in [1.54, 1.807) is 0 Å². The Bertz CT molecular complexity index is 649. The number of carbonyl (C=O) groups is 2. The van der Waals surface area contributed by atoms with Crippen molar-refractivity contribution in [3.8, 4) is 0 Å². The zero-order valence-corrected chi connectivity index (χ0v) is 21.0. The predicted octanol–water partition coefficient (Wildman–Crippen LogP) is 6.02. The molecule has 1 aromatic rings. The number of aliphatic hydroxyl groups excluding tert-OH is 1. The fraction of sp³-hybridized carbons (Fsp3) is 0.692. The van der Waals surface area contributed by atoms with Gasteiger partial charge in [-0.2, -0.15) is 0 Å². The van der Waals surface area contributed by atoms with E-state index in [0.29, 0.717) is 5.75 Å². The molecule has 1 aromatic carbocycles. The Morgan fingerprint density at radius 3 is 2.09 bits per heavy atom. The van der Waals surface area contributed by atoms with E-state index < -0.39 is 17.3 Å². The van der Waals surface area contributed by atoms with E-state index in [0.717, 1.165) is 24.0 Å². The average Bonchev–Trinajstić information content (AvgIpc) is 2.82. The van der Waals surface area contributed by atoms with E-state index in [1.807, 2.05) is 18.2 Å². The van der Waals surface area contributed by atoms with Gasteiger partial charge >= 0.3 is 11.9 Å². The van der Waals surface area contributed by atoms with Gasteiger partial charge in [-0.1, -0.05) is 89.0 Å². The standard InChI is InChI=1S/C26H42O5S/c1-4-5-6-7-8-9-10-11-12-13-16-21-17-14-15-18-22(21)25(24(28)26(29)31-3)32-20-19-23(27)30-2/h14-15,17-18,24-25,28H,4-13,16,19-20H2,1-3H3. The number of esters is 2. The highest BCUT2D eigenvalue weighted by molar-refractivity contribution is 7.99. The van der Waals surface area contributed by atoms with Gasteiger partial charge in [0, 0.05) is 5.75 Å². The Labute approximate surface area is 198 Å². The minimum atomic E-state index is -1.28. The van der Waals surface area contributed by atoms with Crippen LogP contribution in [0.1, 0.15) is 93.9 Å². The molecule has 0 aliphatic heterocycles. The number of ether oxygens (including phenoxy) is 2. The first kappa shape index (κ1) is 28.5. The van der Waals surface area contributed by atoms with Crippen molar-refractivity contribution in [2.24, 2.45) is 0 Å². The lowest BCUT2D eigenvalue weighted by atomic mass is 9.96. The van der Waals surface area contributed by atoms with Gasteiger partial charge < -0.3 is 14.6 Å². The lowest BCUT2D eigenvalue weighted by Crippen LogP contribution is -2.28. The second kappa shape index (κ2) is 18.0. The van der Waals surface area contributed by atoms with E-state index >= 15 is 0 Å². The molecule has 5 nitrogen and oxygen atoms in total. The Kier molecular flexibility index (Phi) is 16.0. The van der Waals surface area contributed by atoms with Crippen LogP contribution in [0.15, 0.2) is 24.3 Å². The normalized spacial score (nSPS) is 12.9. The number of rotatable bonds is 18. The van der Waals surface area contributed by atoms with E-state index in [4.69, 9.17) is 9.47 Å². The lowest BCUT2D eigenvalue weighted by molar-refractivity contribution is -0.150. The summed E-state index contributed by atoms with van der Waals surface area (Å²) in [4.78, 5) is 23.5. The van der Waals surface area contributed by atoms with Crippen LogP contribution in [0.25, 0.3) is 0 Å². The molecular formula is C26H42O5S. The topological polar surface area (TPSA) is 72.8 Å². The van der Waals surface area contributed by atoms with Crippen LogP contribution in [0, 0.1) is 0 Å². The smallest absolute Gasteiger partial charge is 0.336 e. The fourth-order valence-electron chi connectivity index (χ4n) is 3.81. The summed E-state index contributed by atoms with van der Waals surface area (Å²) < 4.78 is 9.48. The third-order valence-corrected chi connectivity index (χ3v) is 7.03. The summed E-state index contributed by atoms with van der Waals surface area (Å²) in [6.45, 7) is 2.25. The zero-order chi connectivity index (χ0) is 23.6. The van der Waals surface area contributed by atoms with Crippen molar-refractivity contribution in [3.63, 3.8) is 0 Å². The van der Waals surface area contributed by atoms with Gasteiger partial charge in [0.2, 0.25) is 0 Å². The third-order valence-electron chi connectivity index (χ3n) is 5.72. The number of benzene rings is 1. The summed E-state index contributed by atoms with van der Waals surface area (Å²) >= 11 is 1.39. The van der Waals surface area contributed by atoms with E-state index in [-0.39, 0.29) is 12.4 Å². The van der Waals surface area contributed by atoms with Crippen molar-refractivity contribution in [3.05, 3.63) is 35.4 Å². The molecule has 2 unspecified atom stereocenters. The Morgan fingerprint density at radius 1 is 0.906 bits per heavy atom. The van der Waals surface area contributed by atoms with E-state index in [2.05, 4.69) is 13.0 Å². The van der Waals surface area contributed by atoms with Crippen molar-refractivity contribution < 1.29 is 24.2 Å². The number of hydrogen-bond donors (Lipinski definition) is 1. The highest BCUT2D eigenvalue weighted by Gasteiger charge is 2.30. The zero-order valence-electron chi connectivity index (χ0n) is 20.1. The van der Waals surface area contributed by atoms with Crippen molar-refractivity contribution in [1.29, 1.82) is 0 Å². The maximum absolute atomic E-state index is 12.1. The van der Waals surface area contributed by atoms with Crippen LogP contribution >= 0.6 is 11.8 Å². The Hall–Kier alpha value is -1.53. The maximum Gasteiger partial charge on any atom is 0.336 e. The first-order valence-corrected chi connectivity index (χ1v) is 13.1. The maximum atomic E-state index is 12.1. The van der Waals surface area contributed by atoms with Crippen LogP contribution in [-0.4, -0.2) is 43.1 Å². The Balaban J connectivity index is 2.60. The summed E-state index contributed by atoms with van der Waals surface area (Å²) in [5.41, 5.74) is 2.08. The molecule has 32 heavy (non-hydrogen) atoms. The summed E-state index contributed by atoms with van der Waals surface area (Å²) in [7, 11) is 2.63. The molecule has 0 saturated heterocycles. The number of hydrogen-bond acceptors (Lipinski definition) is 6. The van der Waals surface area contributed by atoms with Gasteiger partial charge in [0.25, 0.3) is 0 Å². The molecule has 0 spiro atoms. The molecule has 0 radical (unpaired) electrons. The molecule has 0 fully saturated rings. The molecule has 1 N–H and O–H groups in total. The molecule has 2 atom stereocenters. The molecule has 0 aliphatic rings. The van der Waals surface area contributed by atoms with Crippen LogP contribution in [-0.2, 0) is 25.5 Å². The molecule has 0 saturated carbocycles. The van der Waals surface area contributed by atoms with Crippen LogP contribution in [0.4, 0.5) is 0 Å². The second-order valence-electron chi connectivity index (χ2n) is 8.22. The van der Waals surface area contributed by atoms with Gasteiger partial charge in [0.15, 0.2) is 6.10 Å². The van der Waals surface area contributed by atoms with E-state index in [1.165, 1.54) is 83.8 Å². The largest absolute Gasteiger partial charge is 0.469 e. The van der Waals surface area contributed by atoms with Crippen LogP contribution in [0.3, 0.4) is 0 Å². The Morgan fingerprint density at radius 2 is 1.50 bits per heavy atom. The number of aryl methyl sites for hydroxylation is 1. The van der Waals surface area contributed by atoms with Crippen LogP contribution < -0.4 is 0 Å². The summed E-state index contributed by atoms with van der Waals surface area (Å²) in [6.07, 6.45) is 12.7. The van der Waals surface area contributed by atoms with Gasteiger partial charge in [0.05, 0.1) is 25.9 Å². The number of thioether (sulfide) groups is 1. The van der Waals surface area contributed by atoms with Gasteiger partial charge in [-0.15, -0.1) is 11.8 Å². The highest BCUT2D eigenvalue weighted by atomic mass is 32.2. The molecule has 0 aliphatic carbocycles. The van der Waals surface area contributed by atoms with Crippen LogP contribution in [0.5, 0.6) is 0 Å². The molecule has 182 valence electrons. The number of unbranched alkanes of at least 4 members (excludes halogenated alkanes) is 9. The minimum Gasteiger partial charge on any atom is -0.469 e. The second-order valence-corrected chi connectivity index (χ2v) is 9.47. The highest BCUT2D eigenvalue weighted by Crippen LogP contribution is 2.36. The van der Waals surface area contributed by atoms with Crippen molar-refractivity contribution >= 4 is 23.7 Å². The summed E-state index contributed by atoms with van der Waals surface area (Å²) in [5.74, 6) is -0.505. The van der Waals surface area contributed by atoms with Crippen molar-refractivity contribution in [2.45, 2.75) is 95.3 Å². The molecule has 0 heterocycles. The van der Waals surface area contributed by atoms with Gasteiger partial charge in [-0.25, -0.2) is 4.79 Å². The molecule has 0 amide bonds. The van der Waals surface area contributed by atoms with Crippen LogP contribution in [0.2, 0.25) is 0 Å². The van der Waals surface area contributed by atoms with Gasteiger partial charge in [0.1, 0.15) is 0 Å². The first-order valence-electron chi connectivity index (χ1n) is 12.1. The van der Waals surface area contributed by atoms with Crippen molar-refractivity contribution in [2.75, 3.05) is 20.0 Å². The summed E-state index contributed by atoms with van der Waals surface area (Å²) in [5, 5.41) is 10.1. The van der Waals surface area contributed by atoms with Gasteiger partial charge in [-0.3, -0.25) is 4.79 Å². The molecule has 0 aromatic heterocycles. The molecular weight excluding hydrogens is 424 g/mol. The molecule has 6 heteroatoms. The monoisotopic (exact) mass is 466 g/mol. The van der Waals surface area contributed by atoms with Crippen molar-refractivity contribution in [1.82, 2.24) is 0 Å². The number of aliphatic hydroxyl groups is 1. The first-order chi connectivity index (χ1) is 15.5. The minimum absolute atomic E-state index is 0.228. The lowest BCUT2D eigenvalue weighted by Gasteiger charge is -2.23. The summed E-state index contributed by atoms with van der Waals surface area (Å²) in [6, 6.07) is 7.96. The molecule has 0 bridgehead atoms. The third kappa shape index (κ3) is 11.4. The average molecular weight is 467 g/mol. The van der Waals surface area contributed by atoms with E-state index in [9.17, 15) is 14.7 Å². The molecule has 1 rings (SSSR count). The fourth-order valence-corrected chi connectivity index (χ4v) is 5.05. The number of carbonyl (C=O) groups excluding carboxylic acids is 2. The van der Waals surface area contributed by atoms with Gasteiger partial charge in [-0.05, 0) is 24.0 Å². The number of methoxy groups -OCH3 is 2.